The van der Waals surface area contributed by atoms with Gasteiger partial charge in [0.05, 0.1) is 0 Å². The Morgan fingerprint density at radius 2 is 2.00 bits per heavy atom. The van der Waals surface area contributed by atoms with E-state index in [1.165, 1.54) is 19.3 Å². The van der Waals surface area contributed by atoms with Crippen LogP contribution in [0.4, 0.5) is 0 Å². The smallest absolute Gasteiger partial charge is 0.140 e. The van der Waals surface area contributed by atoms with Crippen LogP contribution in [0.25, 0.3) is 0 Å². The number of hydrogen-bond acceptors (Lipinski definition) is 2. The molecule has 1 aromatic carbocycles. The van der Waals surface area contributed by atoms with Gasteiger partial charge in [-0.15, -0.1) is 0 Å². The summed E-state index contributed by atoms with van der Waals surface area (Å²) in [4.78, 5) is 12.7. The third kappa shape index (κ3) is 3.49. The quantitative estimate of drug-likeness (QED) is 0.877. The minimum Gasteiger partial charge on any atom is -0.323 e. The maximum atomic E-state index is 12.7. The summed E-state index contributed by atoms with van der Waals surface area (Å²) in [6.07, 6.45) is 5.81. The molecule has 1 aliphatic rings. The van der Waals surface area contributed by atoms with E-state index < -0.39 is 0 Å². The second-order valence-corrected chi connectivity index (χ2v) is 6.27. The van der Waals surface area contributed by atoms with E-state index in [0.29, 0.717) is 5.78 Å². The molecule has 110 valence electrons. The van der Waals surface area contributed by atoms with Gasteiger partial charge in [-0.25, -0.2) is 0 Å². The molecule has 0 bridgehead atoms. The molecule has 2 heteroatoms. The topological polar surface area (TPSA) is 43.1 Å². The van der Waals surface area contributed by atoms with Gasteiger partial charge in [0, 0.05) is 17.9 Å². The first-order chi connectivity index (χ1) is 9.63. The fourth-order valence-corrected chi connectivity index (χ4v) is 3.43. The minimum absolute atomic E-state index is 0.0852. The summed E-state index contributed by atoms with van der Waals surface area (Å²) in [6, 6.07) is 9.82. The average Bonchev–Trinajstić information content (AvgIpc) is 2.53. The predicted octanol–water partition coefficient (Wildman–Crippen LogP) is 4.11. The average molecular weight is 273 g/mol. The lowest BCUT2D eigenvalue weighted by Crippen LogP contribution is -2.33. The zero-order valence-electron chi connectivity index (χ0n) is 12.7. The molecule has 1 aromatic rings. The van der Waals surface area contributed by atoms with E-state index in [4.69, 9.17) is 5.73 Å². The van der Waals surface area contributed by atoms with Gasteiger partial charge in [0.1, 0.15) is 5.78 Å². The lowest BCUT2D eigenvalue weighted by molar-refractivity contribution is -0.128. The van der Waals surface area contributed by atoms with Crippen LogP contribution in [-0.2, 0) is 4.79 Å². The molecule has 0 saturated heterocycles. The van der Waals surface area contributed by atoms with Crippen molar-refractivity contribution in [2.24, 2.45) is 23.5 Å². The summed E-state index contributed by atoms with van der Waals surface area (Å²) >= 11 is 0. The van der Waals surface area contributed by atoms with Crippen molar-refractivity contribution in [3.63, 3.8) is 0 Å². The normalized spacial score (nSPS) is 25.9. The van der Waals surface area contributed by atoms with Gasteiger partial charge in [-0.1, -0.05) is 63.4 Å². The lowest BCUT2D eigenvalue weighted by Gasteiger charge is -2.30. The minimum atomic E-state index is -0.175. The standard InChI is InChI=1S/C18H27NO/c1-3-14-8-7-11-16(12-14)18(20)13(2)17(19)15-9-5-4-6-10-15/h4-6,9-10,13-14,16-17H,3,7-8,11-12,19H2,1-2H3. The molecule has 0 amide bonds. The summed E-state index contributed by atoms with van der Waals surface area (Å²) in [6.45, 7) is 4.23. The second-order valence-electron chi connectivity index (χ2n) is 6.27. The molecule has 1 saturated carbocycles. The molecule has 0 aromatic heterocycles. The summed E-state index contributed by atoms with van der Waals surface area (Å²) in [5.41, 5.74) is 7.36. The van der Waals surface area contributed by atoms with Crippen LogP contribution in [0.2, 0.25) is 0 Å². The van der Waals surface area contributed by atoms with Crippen LogP contribution in [0.1, 0.15) is 57.6 Å². The third-order valence-electron chi connectivity index (χ3n) is 4.93. The molecule has 4 atom stereocenters. The van der Waals surface area contributed by atoms with Crippen molar-refractivity contribution in [1.29, 1.82) is 0 Å². The first kappa shape index (κ1) is 15.2. The molecular weight excluding hydrogens is 246 g/mol. The van der Waals surface area contributed by atoms with Gasteiger partial charge in [-0.3, -0.25) is 4.79 Å². The van der Waals surface area contributed by atoms with Crippen LogP contribution >= 0.6 is 0 Å². The number of carbonyl (C=O) groups is 1. The molecule has 0 aliphatic heterocycles. The number of carbonyl (C=O) groups excluding carboxylic acids is 1. The van der Waals surface area contributed by atoms with Crippen LogP contribution in [0, 0.1) is 17.8 Å². The van der Waals surface area contributed by atoms with E-state index in [9.17, 15) is 4.79 Å². The second kappa shape index (κ2) is 7.03. The Labute approximate surface area is 122 Å². The molecule has 0 spiro atoms. The molecule has 4 unspecified atom stereocenters. The van der Waals surface area contributed by atoms with Gasteiger partial charge >= 0.3 is 0 Å². The van der Waals surface area contributed by atoms with Crippen molar-refractivity contribution in [2.45, 2.75) is 52.0 Å². The molecule has 20 heavy (non-hydrogen) atoms. The van der Waals surface area contributed by atoms with Gasteiger partial charge in [-0.05, 0) is 24.3 Å². The fourth-order valence-electron chi connectivity index (χ4n) is 3.43. The molecule has 1 aliphatic carbocycles. The lowest BCUT2D eigenvalue weighted by atomic mass is 9.74. The Balaban J connectivity index is 2.01. The maximum Gasteiger partial charge on any atom is 0.140 e. The van der Waals surface area contributed by atoms with Crippen molar-refractivity contribution in [1.82, 2.24) is 0 Å². The Morgan fingerprint density at radius 3 is 2.65 bits per heavy atom. The first-order valence-electron chi connectivity index (χ1n) is 7.97. The van der Waals surface area contributed by atoms with Crippen molar-refractivity contribution < 1.29 is 4.79 Å². The van der Waals surface area contributed by atoms with Gasteiger partial charge in [0.25, 0.3) is 0 Å². The van der Waals surface area contributed by atoms with Crippen LogP contribution in [-0.4, -0.2) is 5.78 Å². The number of Topliss-reactive ketones (excluding diaryl/α,β-unsaturated/α-hetero) is 1. The summed E-state index contributed by atoms with van der Waals surface area (Å²) < 4.78 is 0. The monoisotopic (exact) mass is 273 g/mol. The predicted molar refractivity (Wildman–Crippen MR) is 83.3 cm³/mol. The summed E-state index contributed by atoms with van der Waals surface area (Å²) in [5.74, 6) is 1.26. The number of hydrogen-bond donors (Lipinski definition) is 1. The highest BCUT2D eigenvalue weighted by Gasteiger charge is 2.32. The van der Waals surface area contributed by atoms with Crippen LogP contribution < -0.4 is 5.73 Å². The Kier molecular flexibility index (Phi) is 5.36. The van der Waals surface area contributed by atoms with E-state index in [2.05, 4.69) is 6.92 Å². The number of rotatable bonds is 5. The summed E-state index contributed by atoms with van der Waals surface area (Å²) in [5, 5.41) is 0. The van der Waals surface area contributed by atoms with Gasteiger partial charge in [0.15, 0.2) is 0 Å². The molecule has 1 fully saturated rings. The number of benzene rings is 1. The largest absolute Gasteiger partial charge is 0.323 e. The van der Waals surface area contributed by atoms with Crippen molar-refractivity contribution in [3.8, 4) is 0 Å². The first-order valence-corrected chi connectivity index (χ1v) is 7.97. The van der Waals surface area contributed by atoms with Crippen molar-refractivity contribution >= 4 is 5.78 Å². The van der Waals surface area contributed by atoms with Crippen LogP contribution in [0.5, 0.6) is 0 Å². The molecular formula is C18H27NO. The van der Waals surface area contributed by atoms with Gasteiger partial charge in [-0.2, -0.15) is 0 Å². The molecule has 0 radical (unpaired) electrons. The molecule has 2 nitrogen and oxygen atoms in total. The van der Waals surface area contributed by atoms with Crippen LogP contribution in [0.3, 0.4) is 0 Å². The molecule has 2 N–H and O–H groups in total. The SMILES string of the molecule is CCC1CCCC(C(=O)C(C)C(N)c2ccccc2)C1. The van der Waals surface area contributed by atoms with E-state index in [1.807, 2.05) is 37.3 Å². The zero-order valence-corrected chi connectivity index (χ0v) is 12.7. The fraction of sp³-hybridized carbons (Fsp3) is 0.611. The van der Waals surface area contributed by atoms with Gasteiger partial charge < -0.3 is 5.73 Å². The molecule has 2 rings (SSSR count). The third-order valence-corrected chi connectivity index (χ3v) is 4.93. The van der Waals surface area contributed by atoms with Crippen LogP contribution in [0.15, 0.2) is 30.3 Å². The van der Waals surface area contributed by atoms with Gasteiger partial charge in [0.2, 0.25) is 0 Å². The van der Waals surface area contributed by atoms with Crippen molar-refractivity contribution in [2.75, 3.05) is 0 Å². The highest BCUT2D eigenvalue weighted by Crippen LogP contribution is 2.34. The van der Waals surface area contributed by atoms with E-state index in [0.717, 1.165) is 24.3 Å². The Bertz CT molecular complexity index is 428. The number of nitrogens with two attached hydrogens (primary N) is 1. The number of ketones is 1. The highest BCUT2D eigenvalue weighted by molar-refractivity contribution is 5.84. The Hall–Kier alpha value is -1.15. The van der Waals surface area contributed by atoms with E-state index >= 15 is 0 Å². The summed E-state index contributed by atoms with van der Waals surface area (Å²) in [7, 11) is 0. The van der Waals surface area contributed by atoms with E-state index in [1.54, 1.807) is 0 Å². The Morgan fingerprint density at radius 1 is 1.30 bits per heavy atom. The molecule has 0 heterocycles. The highest BCUT2D eigenvalue weighted by atomic mass is 16.1. The van der Waals surface area contributed by atoms with E-state index in [-0.39, 0.29) is 17.9 Å². The van der Waals surface area contributed by atoms with Crippen molar-refractivity contribution in [3.05, 3.63) is 35.9 Å². The maximum absolute atomic E-state index is 12.7. The zero-order chi connectivity index (χ0) is 14.5.